The van der Waals surface area contributed by atoms with Crippen LogP contribution in [-0.4, -0.2) is 25.9 Å². The number of hydrogen-bond acceptors (Lipinski definition) is 6. The van der Waals surface area contributed by atoms with Gasteiger partial charge in [-0.25, -0.2) is 4.79 Å². The highest BCUT2D eigenvalue weighted by Crippen LogP contribution is 2.44. The lowest BCUT2D eigenvalue weighted by Crippen LogP contribution is -2.37. The SMILES string of the molecule is O=C1OC(c2ccccc2)(n2nnc3cc([N+](=O)[O-])ccc32)c2ccccc21. The summed E-state index contributed by atoms with van der Waals surface area (Å²) < 4.78 is 7.43. The van der Waals surface area contributed by atoms with Crippen LogP contribution in [0, 0.1) is 10.1 Å². The average Bonchev–Trinajstić information content (AvgIpc) is 3.28. The van der Waals surface area contributed by atoms with E-state index in [2.05, 4.69) is 10.3 Å². The van der Waals surface area contributed by atoms with E-state index < -0.39 is 16.6 Å². The van der Waals surface area contributed by atoms with E-state index >= 15 is 0 Å². The Hall–Kier alpha value is -4.07. The van der Waals surface area contributed by atoms with Gasteiger partial charge in [0.1, 0.15) is 5.52 Å². The first-order chi connectivity index (χ1) is 13.6. The Kier molecular flexibility index (Phi) is 3.29. The molecule has 0 fully saturated rings. The van der Waals surface area contributed by atoms with E-state index in [4.69, 9.17) is 4.74 Å². The summed E-state index contributed by atoms with van der Waals surface area (Å²) in [7, 11) is 0. The number of aromatic nitrogens is 3. The van der Waals surface area contributed by atoms with Crippen LogP contribution in [0.5, 0.6) is 0 Å². The highest BCUT2D eigenvalue weighted by Gasteiger charge is 2.50. The number of non-ortho nitro benzene ring substituents is 1. The van der Waals surface area contributed by atoms with Crippen LogP contribution in [0.25, 0.3) is 11.0 Å². The molecule has 8 heteroatoms. The topological polar surface area (TPSA) is 100 Å². The van der Waals surface area contributed by atoms with Crippen LogP contribution in [-0.2, 0) is 10.5 Å². The maximum Gasteiger partial charge on any atom is 0.341 e. The van der Waals surface area contributed by atoms with Crippen molar-refractivity contribution >= 4 is 22.7 Å². The zero-order valence-electron chi connectivity index (χ0n) is 14.4. The molecule has 0 bridgehead atoms. The number of nitro benzene ring substituents is 1. The number of carbonyl (C=O) groups is 1. The Bertz CT molecular complexity index is 1250. The van der Waals surface area contributed by atoms with E-state index in [-0.39, 0.29) is 5.69 Å². The smallest absolute Gasteiger partial charge is 0.341 e. The molecule has 0 radical (unpaired) electrons. The number of rotatable bonds is 3. The first-order valence-corrected chi connectivity index (χ1v) is 8.50. The second-order valence-electron chi connectivity index (χ2n) is 6.38. The lowest BCUT2D eigenvalue weighted by Gasteiger charge is -2.29. The zero-order valence-corrected chi connectivity index (χ0v) is 14.4. The van der Waals surface area contributed by atoms with Crippen LogP contribution >= 0.6 is 0 Å². The van der Waals surface area contributed by atoms with Crippen LogP contribution < -0.4 is 0 Å². The van der Waals surface area contributed by atoms with Gasteiger partial charge >= 0.3 is 5.97 Å². The van der Waals surface area contributed by atoms with Crippen molar-refractivity contribution in [3.8, 4) is 0 Å². The molecule has 1 aromatic heterocycles. The molecule has 0 amide bonds. The number of cyclic esters (lactones) is 1. The number of esters is 1. The molecular formula is C20H12N4O4. The fourth-order valence-electron chi connectivity index (χ4n) is 3.62. The van der Waals surface area contributed by atoms with Gasteiger partial charge in [-0.1, -0.05) is 53.7 Å². The van der Waals surface area contributed by atoms with Crippen LogP contribution in [0.2, 0.25) is 0 Å². The molecule has 8 nitrogen and oxygen atoms in total. The minimum atomic E-state index is -1.35. The number of ether oxygens (including phenoxy) is 1. The van der Waals surface area contributed by atoms with Crippen molar-refractivity contribution in [2.45, 2.75) is 5.72 Å². The normalized spacial score (nSPS) is 18.1. The van der Waals surface area contributed by atoms with Gasteiger partial charge in [0.2, 0.25) is 0 Å². The maximum atomic E-state index is 12.7. The summed E-state index contributed by atoms with van der Waals surface area (Å²) in [6.45, 7) is 0. The summed E-state index contributed by atoms with van der Waals surface area (Å²) in [5.74, 6) is -0.468. The number of hydrogen-bond donors (Lipinski definition) is 0. The maximum absolute atomic E-state index is 12.7. The highest BCUT2D eigenvalue weighted by atomic mass is 16.6. The van der Waals surface area contributed by atoms with E-state index in [1.807, 2.05) is 42.5 Å². The van der Waals surface area contributed by atoms with E-state index in [0.717, 1.165) is 0 Å². The summed E-state index contributed by atoms with van der Waals surface area (Å²) in [5, 5.41) is 19.4. The third-order valence-corrected chi connectivity index (χ3v) is 4.86. The van der Waals surface area contributed by atoms with Gasteiger partial charge in [-0.15, -0.1) is 5.10 Å². The summed E-state index contributed by atoms with van der Waals surface area (Å²) in [5.41, 5.74) is 1.19. The van der Waals surface area contributed by atoms with Gasteiger partial charge in [0, 0.05) is 23.3 Å². The predicted octanol–water partition coefficient (Wildman–Crippen LogP) is 3.26. The van der Waals surface area contributed by atoms with Gasteiger partial charge in [-0.2, -0.15) is 4.68 Å². The second-order valence-corrected chi connectivity index (χ2v) is 6.38. The van der Waals surface area contributed by atoms with Crippen molar-refractivity contribution < 1.29 is 14.5 Å². The molecule has 2 heterocycles. The molecule has 0 N–H and O–H groups in total. The Balaban J connectivity index is 1.84. The first kappa shape index (κ1) is 16.1. The number of nitrogens with zero attached hydrogens (tertiary/aromatic N) is 4. The Labute approximate surface area is 158 Å². The van der Waals surface area contributed by atoms with E-state index in [1.54, 1.807) is 18.2 Å². The molecule has 0 spiro atoms. The average molecular weight is 372 g/mol. The number of fused-ring (bicyclic) bond motifs is 2. The number of carbonyl (C=O) groups excluding carboxylic acids is 1. The first-order valence-electron chi connectivity index (χ1n) is 8.50. The minimum absolute atomic E-state index is 0.0860. The third-order valence-electron chi connectivity index (χ3n) is 4.86. The number of nitro groups is 1. The molecule has 5 rings (SSSR count). The van der Waals surface area contributed by atoms with E-state index in [1.165, 1.54) is 16.8 Å². The standard InChI is InChI=1S/C20H12N4O4/c25-19-15-8-4-5-9-16(15)20(28-19,13-6-2-1-3-7-13)23-18-11-10-14(24(26)27)12-17(18)21-22-23/h1-12H. The molecule has 3 aromatic carbocycles. The van der Waals surface area contributed by atoms with Crippen molar-refractivity contribution in [2.24, 2.45) is 0 Å². The van der Waals surface area contributed by atoms with Gasteiger partial charge < -0.3 is 4.74 Å². The van der Waals surface area contributed by atoms with E-state index in [0.29, 0.717) is 27.7 Å². The van der Waals surface area contributed by atoms with Crippen molar-refractivity contribution in [3.05, 3.63) is 99.6 Å². The minimum Gasteiger partial charge on any atom is -0.424 e. The lowest BCUT2D eigenvalue weighted by atomic mass is 9.92. The quantitative estimate of drug-likeness (QED) is 0.311. The molecule has 1 aliphatic heterocycles. The Morgan fingerprint density at radius 3 is 2.54 bits per heavy atom. The molecule has 4 aromatic rings. The molecule has 1 atom stereocenters. The molecule has 1 aliphatic rings. The molecule has 0 aliphatic carbocycles. The highest BCUT2D eigenvalue weighted by molar-refractivity contribution is 5.95. The summed E-state index contributed by atoms with van der Waals surface area (Å²) in [6, 6.07) is 20.6. The lowest BCUT2D eigenvalue weighted by molar-refractivity contribution is -0.384. The zero-order chi connectivity index (χ0) is 19.3. The largest absolute Gasteiger partial charge is 0.424 e. The third kappa shape index (κ3) is 2.08. The van der Waals surface area contributed by atoms with Crippen LogP contribution in [0.15, 0.2) is 72.8 Å². The van der Waals surface area contributed by atoms with E-state index in [9.17, 15) is 14.9 Å². The second kappa shape index (κ2) is 5.71. The van der Waals surface area contributed by atoms with Crippen molar-refractivity contribution in [2.75, 3.05) is 0 Å². The molecule has 0 saturated carbocycles. The summed E-state index contributed by atoms with van der Waals surface area (Å²) in [4.78, 5) is 23.2. The molecular weight excluding hydrogens is 360 g/mol. The molecule has 136 valence electrons. The van der Waals surface area contributed by atoms with Crippen LogP contribution in [0.1, 0.15) is 21.5 Å². The number of benzene rings is 3. The molecule has 0 saturated heterocycles. The van der Waals surface area contributed by atoms with Gasteiger partial charge in [-0.3, -0.25) is 10.1 Å². The fourth-order valence-corrected chi connectivity index (χ4v) is 3.62. The Morgan fingerprint density at radius 2 is 1.75 bits per heavy atom. The molecule has 28 heavy (non-hydrogen) atoms. The van der Waals surface area contributed by atoms with Crippen molar-refractivity contribution in [3.63, 3.8) is 0 Å². The van der Waals surface area contributed by atoms with Gasteiger partial charge in [-0.05, 0) is 12.1 Å². The van der Waals surface area contributed by atoms with Gasteiger partial charge in [0.25, 0.3) is 11.4 Å². The van der Waals surface area contributed by atoms with Gasteiger partial charge in [0.05, 0.1) is 16.0 Å². The van der Waals surface area contributed by atoms with Gasteiger partial charge in [0.15, 0.2) is 0 Å². The predicted molar refractivity (Wildman–Crippen MR) is 98.7 cm³/mol. The van der Waals surface area contributed by atoms with Crippen LogP contribution in [0.3, 0.4) is 0 Å². The van der Waals surface area contributed by atoms with Crippen LogP contribution in [0.4, 0.5) is 5.69 Å². The summed E-state index contributed by atoms with van der Waals surface area (Å²) >= 11 is 0. The summed E-state index contributed by atoms with van der Waals surface area (Å²) in [6.07, 6.45) is 0. The van der Waals surface area contributed by atoms with Crippen molar-refractivity contribution in [1.29, 1.82) is 0 Å². The Morgan fingerprint density at radius 1 is 1.00 bits per heavy atom. The molecule has 1 unspecified atom stereocenters. The van der Waals surface area contributed by atoms with Crippen molar-refractivity contribution in [1.82, 2.24) is 15.0 Å². The monoisotopic (exact) mass is 372 g/mol. The fraction of sp³-hybridized carbons (Fsp3) is 0.0500.